The molecule has 2 unspecified atom stereocenters. The number of rotatable bonds is 6. The first-order valence-corrected chi connectivity index (χ1v) is 6.81. The zero-order chi connectivity index (χ0) is 13.5. The van der Waals surface area contributed by atoms with Gasteiger partial charge in [0.25, 0.3) is 0 Å². The summed E-state index contributed by atoms with van der Waals surface area (Å²) in [6.07, 6.45) is -0.413. The monoisotopic (exact) mass is 269 g/mol. The predicted octanol–water partition coefficient (Wildman–Crippen LogP) is 2.14. The van der Waals surface area contributed by atoms with Crippen LogP contribution in [0, 0.1) is 0 Å². The Kier molecular flexibility index (Phi) is 6.01. The number of nitrogens with one attached hydrogen (secondary N) is 1. The molecular formula is C13H19NO3S. The van der Waals surface area contributed by atoms with E-state index in [-0.39, 0.29) is 11.2 Å². The molecule has 0 aliphatic heterocycles. The van der Waals surface area contributed by atoms with Crippen molar-refractivity contribution in [2.75, 3.05) is 18.2 Å². The fraction of sp³-hybridized carbons (Fsp3) is 0.462. The van der Waals surface area contributed by atoms with E-state index in [1.54, 1.807) is 38.3 Å². The second kappa shape index (κ2) is 7.28. The van der Waals surface area contributed by atoms with Gasteiger partial charge in [-0.05, 0) is 31.2 Å². The first-order valence-electron chi connectivity index (χ1n) is 5.76. The van der Waals surface area contributed by atoms with Crippen molar-refractivity contribution in [3.63, 3.8) is 0 Å². The van der Waals surface area contributed by atoms with Gasteiger partial charge in [-0.3, -0.25) is 4.79 Å². The lowest BCUT2D eigenvalue weighted by atomic mass is 10.3. The average Bonchev–Trinajstić information content (AvgIpc) is 2.36. The predicted molar refractivity (Wildman–Crippen MR) is 75.2 cm³/mol. The van der Waals surface area contributed by atoms with Crippen LogP contribution in [-0.2, 0) is 4.79 Å². The van der Waals surface area contributed by atoms with Gasteiger partial charge in [-0.2, -0.15) is 0 Å². The topological polar surface area (TPSA) is 58.6 Å². The smallest absolute Gasteiger partial charge is 0.234 e. The Morgan fingerprint density at radius 1 is 1.39 bits per heavy atom. The second-order valence-corrected chi connectivity index (χ2v) is 5.40. The molecule has 0 aliphatic carbocycles. The van der Waals surface area contributed by atoms with Crippen molar-refractivity contribution in [3.8, 4) is 5.75 Å². The summed E-state index contributed by atoms with van der Waals surface area (Å²) >= 11 is 1.43. The number of aliphatic hydroxyl groups excluding tert-OH is 1. The minimum absolute atomic E-state index is 0.0478. The van der Waals surface area contributed by atoms with Gasteiger partial charge in [0, 0.05) is 10.9 Å². The molecule has 18 heavy (non-hydrogen) atoms. The van der Waals surface area contributed by atoms with Crippen LogP contribution in [0.1, 0.15) is 13.8 Å². The van der Waals surface area contributed by atoms with Gasteiger partial charge < -0.3 is 15.2 Å². The highest BCUT2D eigenvalue weighted by Gasteiger charge is 2.11. The number of benzene rings is 1. The van der Waals surface area contributed by atoms with E-state index in [9.17, 15) is 9.90 Å². The Bertz CT molecular complexity index is 378. The fourth-order valence-electron chi connectivity index (χ4n) is 1.22. The highest BCUT2D eigenvalue weighted by atomic mass is 32.2. The Morgan fingerprint density at radius 2 is 2.00 bits per heavy atom. The van der Waals surface area contributed by atoms with Crippen LogP contribution < -0.4 is 10.1 Å². The SMILES string of the molecule is COc1ccc(NC(=O)CSC(C)C(C)O)cc1. The molecule has 0 saturated carbocycles. The number of aliphatic hydroxyl groups is 1. The van der Waals surface area contributed by atoms with Gasteiger partial charge in [-0.25, -0.2) is 0 Å². The number of ether oxygens (including phenoxy) is 1. The normalized spacial score (nSPS) is 13.8. The third kappa shape index (κ3) is 4.98. The van der Waals surface area contributed by atoms with E-state index >= 15 is 0 Å². The summed E-state index contributed by atoms with van der Waals surface area (Å²) in [7, 11) is 1.60. The minimum Gasteiger partial charge on any atom is -0.497 e. The molecule has 1 aromatic carbocycles. The Labute approximate surface area is 112 Å². The maximum atomic E-state index is 11.6. The molecule has 4 nitrogen and oxygen atoms in total. The van der Waals surface area contributed by atoms with Gasteiger partial charge in [-0.15, -0.1) is 11.8 Å². The van der Waals surface area contributed by atoms with Crippen LogP contribution in [0.5, 0.6) is 5.75 Å². The summed E-state index contributed by atoms with van der Waals surface area (Å²) in [6, 6.07) is 7.17. The first kappa shape index (κ1) is 14.9. The van der Waals surface area contributed by atoms with Crippen molar-refractivity contribution in [3.05, 3.63) is 24.3 Å². The van der Waals surface area contributed by atoms with Gasteiger partial charge in [0.2, 0.25) is 5.91 Å². The van der Waals surface area contributed by atoms with Crippen LogP contribution in [0.15, 0.2) is 24.3 Å². The number of amides is 1. The number of thioether (sulfide) groups is 1. The molecule has 1 amide bonds. The largest absolute Gasteiger partial charge is 0.497 e. The van der Waals surface area contributed by atoms with E-state index in [0.29, 0.717) is 5.75 Å². The second-order valence-electron chi connectivity index (χ2n) is 4.03. The standard InChI is InChI=1S/C13H19NO3S/c1-9(15)10(2)18-8-13(16)14-11-4-6-12(17-3)7-5-11/h4-7,9-10,15H,8H2,1-3H3,(H,14,16). The average molecular weight is 269 g/mol. The molecule has 2 N–H and O–H groups in total. The summed E-state index contributed by atoms with van der Waals surface area (Å²) in [5.41, 5.74) is 0.742. The highest BCUT2D eigenvalue weighted by molar-refractivity contribution is 8.00. The van der Waals surface area contributed by atoms with E-state index in [1.807, 2.05) is 6.92 Å². The van der Waals surface area contributed by atoms with Crippen molar-refractivity contribution < 1.29 is 14.6 Å². The number of methoxy groups -OCH3 is 1. The van der Waals surface area contributed by atoms with Crippen LogP contribution >= 0.6 is 11.8 Å². The molecule has 0 saturated heterocycles. The third-order valence-corrected chi connectivity index (χ3v) is 3.88. The summed E-state index contributed by atoms with van der Waals surface area (Å²) in [6.45, 7) is 3.62. The molecule has 0 radical (unpaired) electrons. The number of hydrogen-bond donors (Lipinski definition) is 2. The Morgan fingerprint density at radius 3 is 2.50 bits per heavy atom. The summed E-state index contributed by atoms with van der Waals surface area (Å²) in [4.78, 5) is 11.6. The number of hydrogen-bond acceptors (Lipinski definition) is 4. The van der Waals surface area contributed by atoms with Crippen molar-refractivity contribution >= 4 is 23.4 Å². The lowest BCUT2D eigenvalue weighted by molar-refractivity contribution is -0.113. The van der Waals surface area contributed by atoms with Crippen molar-refractivity contribution in [2.24, 2.45) is 0 Å². The molecule has 100 valence electrons. The molecule has 0 aliphatic rings. The zero-order valence-corrected chi connectivity index (χ0v) is 11.7. The third-order valence-electron chi connectivity index (χ3n) is 2.53. The van der Waals surface area contributed by atoms with E-state index in [4.69, 9.17) is 4.74 Å². The number of carbonyl (C=O) groups is 1. The quantitative estimate of drug-likeness (QED) is 0.830. The molecule has 0 spiro atoms. The maximum Gasteiger partial charge on any atom is 0.234 e. The van der Waals surface area contributed by atoms with Crippen LogP contribution in [0.2, 0.25) is 0 Å². The molecule has 2 atom stereocenters. The molecule has 0 bridgehead atoms. The molecular weight excluding hydrogens is 250 g/mol. The van der Waals surface area contributed by atoms with Gasteiger partial charge in [0.15, 0.2) is 0 Å². The van der Waals surface area contributed by atoms with Crippen molar-refractivity contribution in [2.45, 2.75) is 25.2 Å². The summed E-state index contributed by atoms with van der Waals surface area (Å²) in [5, 5.41) is 12.2. The highest BCUT2D eigenvalue weighted by Crippen LogP contribution is 2.17. The molecule has 1 rings (SSSR count). The van der Waals surface area contributed by atoms with Crippen LogP contribution in [0.25, 0.3) is 0 Å². The van der Waals surface area contributed by atoms with Crippen molar-refractivity contribution in [1.29, 1.82) is 0 Å². The fourth-order valence-corrected chi connectivity index (χ4v) is 1.98. The summed E-state index contributed by atoms with van der Waals surface area (Å²) < 4.78 is 5.03. The van der Waals surface area contributed by atoms with Gasteiger partial charge in [0.05, 0.1) is 19.0 Å². The van der Waals surface area contributed by atoms with Gasteiger partial charge in [-0.1, -0.05) is 6.92 Å². The molecule has 1 aromatic rings. The molecule has 0 aromatic heterocycles. The van der Waals surface area contributed by atoms with E-state index in [0.717, 1.165) is 11.4 Å². The summed E-state index contributed by atoms with van der Waals surface area (Å²) in [5.74, 6) is 1.01. The van der Waals surface area contributed by atoms with E-state index < -0.39 is 6.10 Å². The zero-order valence-electron chi connectivity index (χ0n) is 10.8. The van der Waals surface area contributed by atoms with Crippen LogP contribution in [0.3, 0.4) is 0 Å². The van der Waals surface area contributed by atoms with Crippen molar-refractivity contribution in [1.82, 2.24) is 0 Å². The Hall–Kier alpha value is -1.20. The molecule has 0 fully saturated rings. The maximum absolute atomic E-state index is 11.6. The van der Waals surface area contributed by atoms with Gasteiger partial charge >= 0.3 is 0 Å². The minimum atomic E-state index is -0.413. The first-order chi connectivity index (χ1) is 8.52. The molecule has 0 heterocycles. The molecule has 5 heteroatoms. The Balaban J connectivity index is 2.39. The van der Waals surface area contributed by atoms with E-state index in [2.05, 4.69) is 5.32 Å². The van der Waals surface area contributed by atoms with Gasteiger partial charge in [0.1, 0.15) is 5.75 Å². The number of anilines is 1. The van der Waals surface area contributed by atoms with Crippen LogP contribution in [0.4, 0.5) is 5.69 Å². The van der Waals surface area contributed by atoms with E-state index in [1.165, 1.54) is 11.8 Å². The van der Waals surface area contributed by atoms with Crippen LogP contribution in [-0.4, -0.2) is 35.2 Å². The lowest BCUT2D eigenvalue weighted by Crippen LogP contribution is -2.20. The number of carbonyl (C=O) groups excluding carboxylic acids is 1. The lowest BCUT2D eigenvalue weighted by Gasteiger charge is -2.13.